The van der Waals surface area contributed by atoms with E-state index in [0.29, 0.717) is 12.0 Å². The molecule has 0 aromatic heterocycles. The molecule has 144 valence electrons. The number of rotatable bonds is 6. The van der Waals surface area contributed by atoms with E-state index in [1.165, 1.54) is 18.5 Å². The van der Waals surface area contributed by atoms with Gasteiger partial charge in [0.1, 0.15) is 0 Å². The fourth-order valence-corrected chi connectivity index (χ4v) is 4.17. The van der Waals surface area contributed by atoms with Crippen LogP contribution in [0, 0.1) is 11.8 Å². The van der Waals surface area contributed by atoms with Crippen molar-refractivity contribution in [2.75, 3.05) is 44.2 Å². The highest BCUT2D eigenvalue weighted by Gasteiger charge is 2.24. The minimum absolute atomic E-state index is 0.0277. The Morgan fingerprint density at radius 1 is 1.15 bits per heavy atom. The number of carbonyl (C=O) groups is 1. The van der Waals surface area contributed by atoms with Gasteiger partial charge in [0.25, 0.3) is 0 Å². The SMILES string of the molecule is C[C@@H]1CCCN([C@H](C)CNC(=O)NC[C@H]2CCN(c3ccccc3)C2)C1. The third kappa shape index (κ3) is 5.37. The van der Waals surface area contributed by atoms with E-state index in [1.54, 1.807) is 0 Å². The summed E-state index contributed by atoms with van der Waals surface area (Å²) in [5.74, 6) is 1.30. The van der Waals surface area contributed by atoms with Crippen molar-refractivity contribution in [3.63, 3.8) is 0 Å². The zero-order chi connectivity index (χ0) is 18.4. The van der Waals surface area contributed by atoms with Gasteiger partial charge < -0.3 is 15.5 Å². The van der Waals surface area contributed by atoms with Crippen molar-refractivity contribution in [1.29, 1.82) is 0 Å². The molecule has 3 rings (SSSR count). The first-order valence-electron chi connectivity index (χ1n) is 10.2. The standard InChI is InChI=1S/C21H34N4O/c1-17-7-6-11-24(15-17)18(2)13-22-21(26)23-14-19-10-12-25(16-19)20-8-4-3-5-9-20/h3-5,8-9,17-19H,6-7,10-16H2,1-2H3,(H2,22,23,26)/t17-,18-,19-/m1/s1. The van der Waals surface area contributed by atoms with Gasteiger partial charge in [0, 0.05) is 44.5 Å². The predicted octanol–water partition coefficient (Wildman–Crippen LogP) is 2.93. The molecule has 5 nitrogen and oxygen atoms in total. The summed E-state index contributed by atoms with van der Waals surface area (Å²) in [7, 11) is 0. The number of nitrogens with zero attached hydrogens (tertiary/aromatic N) is 2. The summed E-state index contributed by atoms with van der Waals surface area (Å²) in [5.41, 5.74) is 1.28. The predicted molar refractivity (Wildman–Crippen MR) is 108 cm³/mol. The number of piperidine rings is 1. The highest BCUT2D eigenvalue weighted by atomic mass is 16.2. The molecule has 0 radical (unpaired) electrons. The molecule has 5 heteroatoms. The zero-order valence-corrected chi connectivity index (χ0v) is 16.3. The normalized spacial score (nSPS) is 25.1. The van der Waals surface area contributed by atoms with Crippen LogP contribution < -0.4 is 15.5 Å². The van der Waals surface area contributed by atoms with Gasteiger partial charge in [0.05, 0.1) is 0 Å². The molecule has 3 atom stereocenters. The van der Waals surface area contributed by atoms with Crippen LogP contribution in [0.1, 0.15) is 33.1 Å². The number of urea groups is 1. The molecule has 2 fully saturated rings. The van der Waals surface area contributed by atoms with Crippen molar-refractivity contribution >= 4 is 11.7 Å². The van der Waals surface area contributed by atoms with Gasteiger partial charge in [-0.1, -0.05) is 25.1 Å². The lowest BCUT2D eigenvalue weighted by atomic mass is 9.99. The van der Waals surface area contributed by atoms with E-state index in [0.717, 1.165) is 51.6 Å². The van der Waals surface area contributed by atoms with Gasteiger partial charge in [-0.15, -0.1) is 0 Å². The van der Waals surface area contributed by atoms with E-state index >= 15 is 0 Å². The summed E-state index contributed by atoms with van der Waals surface area (Å²) in [6.07, 6.45) is 3.74. The van der Waals surface area contributed by atoms with Crippen LogP contribution in [0.2, 0.25) is 0 Å². The number of anilines is 1. The molecule has 2 aliphatic rings. The molecule has 0 unspecified atom stereocenters. The van der Waals surface area contributed by atoms with Gasteiger partial charge in [0.2, 0.25) is 0 Å². The lowest BCUT2D eigenvalue weighted by Gasteiger charge is -2.35. The zero-order valence-electron chi connectivity index (χ0n) is 16.3. The summed E-state index contributed by atoms with van der Waals surface area (Å²) in [6.45, 7) is 10.4. The quantitative estimate of drug-likeness (QED) is 0.822. The largest absolute Gasteiger partial charge is 0.371 e. The Kier molecular flexibility index (Phi) is 6.78. The van der Waals surface area contributed by atoms with Crippen LogP contribution in [0.5, 0.6) is 0 Å². The van der Waals surface area contributed by atoms with Gasteiger partial charge in [-0.25, -0.2) is 4.79 Å². The molecule has 2 N–H and O–H groups in total. The Balaban J connectivity index is 1.33. The molecule has 1 aromatic carbocycles. The number of benzene rings is 1. The molecule has 26 heavy (non-hydrogen) atoms. The molecular weight excluding hydrogens is 324 g/mol. The molecule has 0 spiro atoms. The number of hydrogen-bond donors (Lipinski definition) is 2. The molecular formula is C21H34N4O. The number of para-hydroxylation sites is 1. The second kappa shape index (κ2) is 9.26. The van der Waals surface area contributed by atoms with E-state index in [2.05, 4.69) is 64.6 Å². The lowest BCUT2D eigenvalue weighted by molar-refractivity contribution is 0.137. The van der Waals surface area contributed by atoms with E-state index in [4.69, 9.17) is 0 Å². The maximum absolute atomic E-state index is 12.1. The summed E-state index contributed by atoms with van der Waals surface area (Å²) in [5, 5.41) is 6.12. The van der Waals surface area contributed by atoms with Crippen molar-refractivity contribution in [2.24, 2.45) is 11.8 Å². The minimum Gasteiger partial charge on any atom is -0.371 e. The van der Waals surface area contributed by atoms with Crippen LogP contribution in [-0.2, 0) is 0 Å². The fourth-order valence-electron chi connectivity index (χ4n) is 4.17. The van der Waals surface area contributed by atoms with E-state index in [9.17, 15) is 4.79 Å². The monoisotopic (exact) mass is 358 g/mol. The third-order valence-corrected chi connectivity index (χ3v) is 5.83. The van der Waals surface area contributed by atoms with Crippen molar-refractivity contribution < 1.29 is 4.79 Å². The van der Waals surface area contributed by atoms with Gasteiger partial charge >= 0.3 is 6.03 Å². The first kappa shape index (κ1) is 19.0. The Morgan fingerprint density at radius 2 is 1.96 bits per heavy atom. The molecule has 1 aromatic rings. The summed E-state index contributed by atoms with van der Waals surface area (Å²) >= 11 is 0. The second-order valence-electron chi connectivity index (χ2n) is 8.12. The number of hydrogen-bond acceptors (Lipinski definition) is 3. The smallest absolute Gasteiger partial charge is 0.314 e. The summed E-state index contributed by atoms with van der Waals surface area (Å²) in [4.78, 5) is 17.1. The highest BCUT2D eigenvalue weighted by Crippen LogP contribution is 2.23. The molecule has 2 amide bonds. The first-order valence-corrected chi connectivity index (χ1v) is 10.2. The Labute approximate surface area is 158 Å². The molecule has 2 saturated heterocycles. The van der Waals surface area contributed by atoms with Crippen LogP contribution in [0.15, 0.2) is 30.3 Å². The lowest BCUT2D eigenvalue weighted by Crippen LogP contribution is -2.48. The average molecular weight is 359 g/mol. The Hall–Kier alpha value is -1.75. The van der Waals surface area contributed by atoms with Crippen molar-refractivity contribution in [2.45, 2.75) is 39.2 Å². The summed E-state index contributed by atoms with van der Waals surface area (Å²) < 4.78 is 0. The van der Waals surface area contributed by atoms with Crippen molar-refractivity contribution in [3.05, 3.63) is 30.3 Å². The highest BCUT2D eigenvalue weighted by molar-refractivity contribution is 5.73. The van der Waals surface area contributed by atoms with Crippen LogP contribution in [0.25, 0.3) is 0 Å². The van der Waals surface area contributed by atoms with Gasteiger partial charge in [-0.2, -0.15) is 0 Å². The Bertz CT molecular complexity index is 564. The molecule has 2 aliphatic heterocycles. The molecule has 2 heterocycles. The second-order valence-corrected chi connectivity index (χ2v) is 8.12. The van der Waals surface area contributed by atoms with Crippen molar-refractivity contribution in [1.82, 2.24) is 15.5 Å². The third-order valence-electron chi connectivity index (χ3n) is 5.83. The number of likely N-dealkylation sites (tertiary alicyclic amines) is 1. The minimum atomic E-state index is -0.0277. The van der Waals surface area contributed by atoms with E-state index in [1.807, 2.05) is 0 Å². The maximum Gasteiger partial charge on any atom is 0.314 e. The van der Waals surface area contributed by atoms with Gasteiger partial charge in [0.15, 0.2) is 0 Å². The van der Waals surface area contributed by atoms with Crippen LogP contribution in [0.4, 0.5) is 10.5 Å². The van der Waals surface area contributed by atoms with Gasteiger partial charge in [-0.3, -0.25) is 4.90 Å². The number of nitrogens with one attached hydrogen (secondary N) is 2. The van der Waals surface area contributed by atoms with Crippen LogP contribution >= 0.6 is 0 Å². The van der Waals surface area contributed by atoms with E-state index in [-0.39, 0.29) is 6.03 Å². The molecule has 0 saturated carbocycles. The number of carbonyl (C=O) groups excluding carboxylic acids is 1. The van der Waals surface area contributed by atoms with Crippen LogP contribution in [-0.4, -0.2) is 56.2 Å². The molecule has 0 aliphatic carbocycles. The summed E-state index contributed by atoms with van der Waals surface area (Å²) in [6, 6.07) is 10.9. The number of amides is 2. The van der Waals surface area contributed by atoms with Gasteiger partial charge in [-0.05, 0) is 56.7 Å². The fraction of sp³-hybridized carbons (Fsp3) is 0.667. The molecule has 0 bridgehead atoms. The topological polar surface area (TPSA) is 47.6 Å². The average Bonchev–Trinajstić information content (AvgIpc) is 3.14. The van der Waals surface area contributed by atoms with Crippen molar-refractivity contribution in [3.8, 4) is 0 Å². The maximum atomic E-state index is 12.1. The first-order chi connectivity index (χ1) is 12.6. The van der Waals surface area contributed by atoms with E-state index < -0.39 is 0 Å². The Morgan fingerprint density at radius 3 is 2.73 bits per heavy atom. The van der Waals surface area contributed by atoms with Crippen LogP contribution in [0.3, 0.4) is 0 Å².